The molecule has 22 heavy (non-hydrogen) atoms. The minimum absolute atomic E-state index is 0.0828. The Bertz CT molecular complexity index is 778. The van der Waals surface area contributed by atoms with Crippen LogP contribution in [0.25, 0.3) is 5.76 Å². The van der Waals surface area contributed by atoms with Gasteiger partial charge in [0, 0.05) is 23.5 Å². The summed E-state index contributed by atoms with van der Waals surface area (Å²) in [7, 11) is 0. The van der Waals surface area contributed by atoms with Gasteiger partial charge in [0.05, 0.1) is 11.5 Å². The van der Waals surface area contributed by atoms with E-state index in [9.17, 15) is 9.59 Å². The summed E-state index contributed by atoms with van der Waals surface area (Å²) in [6.45, 7) is 3.40. The van der Waals surface area contributed by atoms with Crippen LogP contribution >= 0.6 is 0 Å². The van der Waals surface area contributed by atoms with E-state index in [-0.39, 0.29) is 5.78 Å². The molecular formula is C18H15NO3. The Morgan fingerprint density at radius 2 is 2.00 bits per heavy atom. The Hall–Kier alpha value is -2.75. The number of aldehydes is 1. The summed E-state index contributed by atoms with van der Waals surface area (Å²) in [6, 6.07) is 7.29. The van der Waals surface area contributed by atoms with Gasteiger partial charge in [-0.3, -0.25) is 9.78 Å². The van der Waals surface area contributed by atoms with Crippen LogP contribution in [0.1, 0.15) is 39.9 Å². The number of pyridine rings is 1. The second-order valence-corrected chi connectivity index (χ2v) is 5.32. The molecule has 1 atom stereocenters. The normalized spacial score (nSPS) is 16.3. The lowest BCUT2D eigenvalue weighted by Crippen LogP contribution is -2.13. The van der Waals surface area contributed by atoms with Gasteiger partial charge in [0.1, 0.15) is 17.8 Å². The molecule has 110 valence electrons. The van der Waals surface area contributed by atoms with Gasteiger partial charge in [-0.2, -0.15) is 0 Å². The van der Waals surface area contributed by atoms with Crippen LogP contribution in [-0.2, 0) is 4.79 Å². The highest BCUT2D eigenvalue weighted by molar-refractivity contribution is 5.98. The van der Waals surface area contributed by atoms with Crippen LogP contribution in [0.15, 0.2) is 42.7 Å². The quantitative estimate of drug-likeness (QED) is 0.643. The molecule has 1 unspecified atom stereocenters. The number of allylic oxidation sites excluding steroid dienone is 1. The summed E-state index contributed by atoms with van der Waals surface area (Å²) >= 11 is 0. The van der Waals surface area contributed by atoms with Gasteiger partial charge in [-0.25, -0.2) is 0 Å². The van der Waals surface area contributed by atoms with E-state index >= 15 is 0 Å². The van der Waals surface area contributed by atoms with Crippen LogP contribution in [0.4, 0.5) is 0 Å². The van der Waals surface area contributed by atoms with Gasteiger partial charge < -0.3 is 9.53 Å². The summed E-state index contributed by atoms with van der Waals surface area (Å²) in [5, 5.41) is 0. The van der Waals surface area contributed by atoms with Crippen molar-refractivity contribution >= 4 is 17.8 Å². The summed E-state index contributed by atoms with van der Waals surface area (Å²) < 4.78 is 5.95. The standard InChI is InChI=1S/C18H15NO3/c1-11-7-15(12(2)21)18-16(8-11)14(10-20)9-17(22-18)13-3-5-19-6-4-13/h3-10,14H,1-2H3. The van der Waals surface area contributed by atoms with Gasteiger partial charge in [0.15, 0.2) is 5.78 Å². The zero-order chi connectivity index (χ0) is 15.7. The van der Waals surface area contributed by atoms with Crippen molar-refractivity contribution in [2.24, 2.45) is 0 Å². The second kappa shape index (κ2) is 5.56. The molecule has 4 nitrogen and oxygen atoms in total. The number of aromatic nitrogens is 1. The van der Waals surface area contributed by atoms with E-state index in [2.05, 4.69) is 4.98 Å². The highest BCUT2D eigenvalue weighted by atomic mass is 16.5. The first kappa shape index (κ1) is 14.2. The number of carbonyl (C=O) groups excluding carboxylic acids is 2. The number of benzene rings is 1. The van der Waals surface area contributed by atoms with E-state index in [0.717, 1.165) is 23.0 Å². The van der Waals surface area contributed by atoms with Crippen molar-refractivity contribution in [1.82, 2.24) is 4.98 Å². The van der Waals surface area contributed by atoms with Gasteiger partial charge >= 0.3 is 0 Å². The second-order valence-electron chi connectivity index (χ2n) is 5.32. The summed E-state index contributed by atoms with van der Waals surface area (Å²) in [6.07, 6.45) is 5.96. The molecule has 2 heterocycles. The van der Waals surface area contributed by atoms with Gasteiger partial charge in [0.25, 0.3) is 0 Å². The largest absolute Gasteiger partial charge is 0.456 e. The molecule has 0 saturated carbocycles. The molecular weight excluding hydrogens is 278 g/mol. The average molecular weight is 293 g/mol. The molecule has 2 aromatic rings. The summed E-state index contributed by atoms with van der Waals surface area (Å²) in [5.74, 6) is 0.536. The molecule has 1 aliphatic rings. The first-order valence-electron chi connectivity index (χ1n) is 7.01. The molecule has 0 amide bonds. The monoisotopic (exact) mass is 293 g/mol. The number of ether oxygens (including phenoxy) is 1. The number of hydrogen-bond acceptors (Lipinski definition) is 4. The van der Waals surface area contributed by atoms with E-state index in [4.69, 9.17) is 4.74 Å². The number of fused-ring (bicyclic) bond motifs is 1. The van der Waals surface area contributed by atoms with Crippen LogP contribution in [0.3, 0.4) is 0 Å². The third-order valence-electron chi connectivity index (χ3n) is 3.65. The van der Waals surface area contributed by atoms with E-state index in [1.807, 2.05) is 13.0 Å². The minimum atomic E-state index is -0.426. The molecule has 0 aliphatic carbocycles. The number of hydrogen-bond donors (Lipinski definition) is 0. The van der Waals surface area contributed by atoms with E-state index in [1.54, 1.807) is 36.7 Å². The Kier molecular flexibility index (Phi) is 3.59. The molecule has 0 fully saturated rings. The number of nitrogens with zero attached hydrogens (tertiary/aromatic N) is 1. The zero-order valence-corrected chi connectivity index (χ0v) is 12.4. The van der Waals surface area contributed by atoms with E-state index in [0.29, 0.717) is 17.1 Å². The summed E-state index contributed by atoms with van der Waals surface area (Å²) in [4.78, 5) is 27.4. The molecule has 1 aliphatic heterocycles. The van der Waals surface area contributed by atoms with Crippen molar-refractivity contribution in [2.75, 3.05) is 0 Å². The predicted octanol–water partition coefficient (Wildman–Crippen LogP) is 3.31. The van der Waals surface area contributed by atoms with Gasteiger partial charge in [0.2, 0.25) is 0 Å². The maximum absolute atomic E-state index is 11.9. The predicted molar refractivity (Wildman–Crippen MR) is 82.8 cm³/mol. The fourth-order valence-electron chi connectivity index (χ4n) is 2.60. The number of rotatable bonds is 3. The van der Waals surface area contributed by atoms with Crippen molar-refractivity contribution in [1.29, 1.82) is 0 Å². The first-order chi connectivity index (χ1) is 10.6. The van der Waals surface area contributed by atoms with Crippen LogP contribution in [0.5, 0.6) is 5.75 Å². The Morgan fingerprint density at radius 3 is 2.64 bits per heavy atom. The number of ketones is 1. The van der Waals surface area contributed by atoms with E-state index in [1.165, 1.54) is 6.92 Å². The van der Waals surface area contributed by atoms with Crippen molar-refractivity contribution in [3.63, 3.8) is 0 Å². The highest BCUT2D eigenvalue weighted by Gasteiger charge is 2.26. The zero-order valence-electron chi connectivity index (χ0n) is 12.4. The SMILES string of the molecule is CC(=O)c1cc(C)cc2c1OC(c1ccncc1)=CC2C=O. The van der Waals surface area contributed by atoms with Crippen LogP contribution in [-0.4, -0.2) is 17.1 Å². The van der Waals surface area contributed by atoms with Gasteiger partial charge in [-0.15, -0.1) is 0 Å². The van der Waals surface area contributed by atoms with Crippen molar-refractivity contribution in [3.8, 4) is 5.75 Å². The lowest BCUT2D eigenvalue weighted by molar-refractivity contribution is -0.108. The fraction of sp³-hybridized carbons (Fsp3) is 0.167. The fourth-order valence-corrected chi connectivity index (χ4v) is 2.60. The first-order valence-corrected chi connectivity index (χ1v) is 7.01. The molecule has 0 bridgehead atoms. The molecule has 0 saturated heterocycles. The highest BCUT2D eigenvalue weighted by Crippen LogP contribution is 2.39. The van der Waals surface area contributed by atoms with Crippen molar-refractivity contribution in [2.45, 2.75) is 19.8 Å². The molecule has 3 rings (SSSR count). The number of aryl methyl sites for hydroxylation is 1. The molecule has 0 radical (unpaired) electrons. The molecule has 1 aromatic carbocycles. The minimum Gasteiger partial charge on any atom is -0.456 e. The van der Waals surface area contributed by atoms with Crippen LogP contribution < -0.4 is 4.74 Å². The topological polar surface area (TPSA) is 56.3 Å². The number of carbonyl (C=O) groups is 2. The Balaban J connectivity index is 2.17. The Labute approximate surface area is 128 Å². The summed E-state index contributed by atoms with van der Waals surface area (Å²) in [5.41, 5.74) is 2.99. The van der Waals surface area contributed by atoms with Crippen LogP contribution in [0, 0.1) is 6.92 Å². The number of Topliss-reactive ketones (excluding diaryl/α,β-unsaturated/α-hetero) is 1. The smallest absolute Gasteiger partial charge is 0.163 e. The van der Waals surface area contributed by atoms with Gasteiger partial charge in [-0.05, 0) is 43.7 Å². The lowest BCUT2D eigenvalue weighted by Gasteiger charge is -2.24. The molecule has 0 N–H and O–H groups in total. The maximum Gasteiger partial charge on any atom is 0.163 e. The van der Waals surface area contributed by atoms with Gasteiger partial charge in [-0.1, -0.05) is 6.07 Å². The molecule has 1 aromatic heterocycles. The van der Waals surface area contributed by atoms with Crippen LogP contribution in [0.2, 0.25) is 0 Å². The molecule has 4 heteroatoms. The Morgan fingerprint density at radius 1 is 1.27 bits per heavy atom. The van der Waals surface area contributed by atoms with E-state index < -0.39 is 5.92 Å². The van der Waals surface area contributed by atoms with Crippen molar-refractivity contribution < 1.29 is 14.3 Å². The third kappa shape index (κ3) is 2.44. The average Bonchev–Trinajstić information content (AvgIpc) is 2.53. The maximum atomic E-state index is 11.9. The molecule has 0 spiro atoms. The third-order valence-corrected chi connectivity index (χ3v) is 3.65. The lowest BCUT2D eigenvalue weighted by atomic mass is 9.90. The van der Waals surface area contributed by atoms with Crippen molar-refractivity contribution in [3.05, 3.63) is 65.0 Å².